The fourth-order valence-electron chi connectivity index (χ4n) is 1.06. The lowest BCUT2D eigenvalue weighted by Crippen LogP contribution is -2.54. The predicted molar refractivity (Wildman–Crippen MR) is 52.2 cm³/mol. The molecule has 0 aliphatic heterocycles. The summed E-state index contributed by atoms with van der Waals surface area (Å²) in [6, 6.07) is 0. The number of nitrogens with one attached hydrogen (secondary N) is 1. The van der Waals surface area contributed by atoms with Gasteiger partial charge in [0.1, 0.15) is 30.6 Å². The molecule has 5 atom stereocenters. The van der Waals surface area contributed by atoms with Gasteiger partial charge in [0.15, 0.2) is 0 Å². The number of rotatable bonds is 8. The molecule has 0 amide bonds. The molecule has 0 aromatic rings. The third-order valence-electron chi connectivity index (χ3n) is 2.07. The van der Waals surface area contributed by atoms with Gasteiger partial charge >= 0.3 is 0 Å². The smallest absolute Gasteiger partial charge is 0.133 e. The van der Waals surface area contributed by atoms with Crippen LogP contribution in [0, 0.1) is 0 Å². The minimum Gasteiger partial charge on any atom is -0.395 e. The molecule has 0 saturated carbocycles. The Balaban J connectivity index is 4.19. The van der Waals surface area contributed by atoms with Gasteiger partial charge in [-0.2, -0.15) is 0 Å². The van der Waals surface area contributed by atoms with Crippen molar-refractivity contribution in [3.05, 3.63) is 0 Å². The van der Waals surface area contributed by atoms with Gasteiger partial charge in [0, 0.05) is 6.54 Å². The van der Waals surface area contributed by atoms with E-state index >= 15 is 0 Å². The fraction of sp³-hybridized carbons (Fsp3) is 1.00. The van der Waals surface area contributed by atoms with Gasteiger partial charge < -0.3 is 35.7 Å². The van der Waals surface area contributed by atoms with Crippen LogP contribution in [-0.2, 0) is 0 Å². The zero-order chi connectivity index (χ0) is 12.7. The van der Waals surface area contributed by atoms with Crippen LogP contribution in [0.1, 0.15) is 0 Å². The third kappa shape index (κ3) is 4.68. The van der Waals surface area contributed by atoms with E-state index in [2.05, 4.69) is 5.32 Å². The average molecular weight is 241 g/mol. The average Bonchev–Trinajstić information content (AvgIpc) is 2.31. The first-order valence-electron chi connectivity index (χ1n) is 4.81. The Morgan fingerprint density at radius 1 is 0.812 bits per heavy atom. The third-order valence-corrected chi connectivity index (χ3v) is 2.07. The van der Waals surface area contributed by atoms with Crippen molar-refractivity contribution in [1.29, 1.82) is 0 Å². The van der Waals surface area contributed by atoms with Gasteiger partial charge in [-0.3, -0.25) is 5.32 Å². The first-order chi connectivity index (χ1) is 7.45. The maximum atomic E-state index is 9.33. The van der Waals surface area contributed by atoms with E-state index in [1.54, 1.807) is 0 Å². The van der Waals surface area contributed by atoms with Gasteiger partial charge in [-0.05, 0) is 0 Å². The van der Waals surface area contributed by atoms with E-state index in [1.807, 2.05) is 0 Å². The lowest BCUT2D eigenvalue weighted by molar-refractivity contribution is -0.145. The highest BCUT2D eigenvalue weighted by atomic mass is 16.4. The minimum absolute atomic E-state index is 0.0103. The SMILES string of the molecule is OCCNC(O)[C@H](O)[C@@H](O)[C@H](O)[C@H](O)CO. The molecule has 16 heavy (non-hydrogen) atoms. The van der Waals surface area contributed by atoms with Crippen LogP contribution in [0.3, 0.4) is 0 Å². The summed E-state index contributed by atoms with van der Waals surface area (Å²) in [6.07, 6.45) is -8.56. The second-order valence-electron chi connectivity index (χ2n) is 3.34. The molecule has 0 fully saturated rings. The highest BCUT2D eigenvalue weighted by molar-refractivity contribution is 4.83. The summed E-state index contributed by atoms with van der Waals surface area (Å²) < 4.78 is 0. The number of aliphatic hydroxyl groups excluding tert-OH is 7. The summed E-state index contributed by atoms with van der Waals surface area (Å²) in [5.74, 6) is 0. The zero-order valence-electron chi connectivity index (χ0n) is 8.64. The van der Waals surface area contributed by atoms with E-state index < -0.39 is 37.3 Å². The Hall–Kier alpha value is -0.320. The quantitative estimate of drug-likeness (QED) is 0.197. The predicted octanol–water partition coefficient (Wildman–Crippen LogP) is -4.68. The van der Waals surface area contributed by atoms with Crippen molar-refractivity contribution < 1.29 is 35.7 Å². The monoisotopic (exact) mass is 241 g/mol. The second-order valence-corrected chi connectivity index (χ2v) is 3.34. The molecule has 1 unspecified atom stereocenters. The molecule has 98 valence electrons. The topological polar surface area (TPSA) is 154 Å². The van der Waals surface area contributed by atoms with Crippen LogP contribution in [-0.4, -0.2) is 86.1 Å². The number of hydrogen-bond donors (Lipinski definition) is 8. The molecule has 0 spiro atoms. The summed E-state index contributed by atoms with van der Waals surface area (Å²) in [4.78, 5) is 0. The molecule has 0 aliphatic rings. The summed E-state index contributed by atoms with van der Waals surface area (Å²) in [6.45, 7) is -1.07. The lowest BCUT2D eigenvalue weighted by Gasteiger charge is -2.28. The number of hydrogen-bond acceptors (Lipinski definition) is 8. The maximum absolute atomic E-state index is 9.33. The first kappa shape index (κ1) is 15.7. The second kappa shape index (κ2) is 7.87. The van der Waals surface area contributed by atoms with Crippen LogP contribution in [0.15, 0.2) is 0 Å². The molecule has 0 heterocycles. The van der Waals surface area contributed by atoms with Gasteiger partial charge in [-0.15, -0.1) is 0 Å². The molecule has 8 nitrogen and oxygen atoms in total. The van der Waals surface area contributed by atoms with Crippen molar-refractivity contribution in [1.82, 2.24) is 5.32 Å². The van der Waals surface area contributed by atoms with Crippen LogP contribution in [0.2, 0.25) is 0 Å². The summed E-state index contributed by atoms with van der Waals surface area (Å²) >= 11 is 0. The normalized spacial score (nSPS) is 21.2. The highest BCUT2D eigenvalue weighted by Crippen LogP contribution is 2.07. The van der Waals surface area contributed by atoms with Gasteiger partial charge in [-0.25, -0.2) is 0 Å². The Bertz CT molecular complexity index is 182. The molecule has 8 heteroatoms. The minimum atomic E-state index is -1.83. The van der Waals surface area contributed by atoms with Gasteiger partial charge in [0.25, 0.3) is 0 Å². The molecule has 0 saturated heterocycles. The van der Waals surface area contributed by atoms with Crippen molar-refractivity contribution in [2.75, 3.05) is 19.8 Å². The van der Waals surface area contributed by atoms with Crippen LogP contribution < -0.4 is 5.32 Å². The molecular weight excluding hydrogens is 222 g/mol. The molecule has 0 aliphatic carbocycles. The molecular formula is C8H19NO7. The van der Waals surface area contributed by atoms with E-state index in [1.165, 1.54) is 0 Å². The van der Waals surface area contributed by atoms with E-state index in [4.69, 9.17) is 15.3 Å². The van der Waals surface area contributed by atoms with Crippen LogP contribution >= 0.6 is 0 Å². The molecule has 0 aromatic heterocycles. The van der Waals surface area contributed by atoms with Crippen molar-refractivity contribution >= 4 is 0 Å². The van der Waals surface area contributed by atoms with Crippen molar-refractivity contribution in [2.24, 2.45) is 0 Å². The zero-order valence-corrected chi connectivity index (χ0v) is 8.64. The highest BCUT2D eigenvalue weighted by Gasteiger charge is 2.33. The van der Waals surface area contributed by atoms with Gasteiger partial charge in [0.05, 0.1) is 13.2 Å². The van der Waals surface area contributed by atoms with Gasteiger partial charge in [-0.1, -0.05) is 0 Å². The van der Waals surface area contributed by atoms with E-state index in [0.717, 1.165) is 0 Å². The lowest BCUT2D eigenvalue weighted by atomic mass is 10.0. The van der Waals surface area contributed by atoms with Crippen LogP contribution in [0.5, 0.6) is 0 Å². The van der Waals surface area contributed by atoms with Crippen LogP contribution in [0.4, 0.5) is 0 Å². The molecule has 0 bridgehead atoms. The van der Waals surface area contributed by atoms with E-state index in [0.29, 0.717) is 0 Å². The van der Waals surface area contributed by atoms with E-state index in [-0.39, 0.29) is 13.2 Å². The Kier molecular flexibility index (Phi) is 7.72. The maximum Gasteiger partial charge on any atom is 0.133 e. The van der Waals surface area contributed by atoms with Gasteiger partial charge in [0.2, 0.25) is 0 Å². The molecule has 0 aromatic carbocycles. The Morgan fingerprint density at radius 3 is 1.81 bits per heavy atom. The molecule has 0 rings (SSSR count). The van der Waals surface area contributed by atoms with Crippen molar-refractivity contribution in [3.63, 3.8) is 0 Å². The standard InChI is InChI=1S/C8H19NO7/c10-2-1-9-8(16)7(15)6(14)5(13)4(12)3-11/h4-16H,1-3H2/t4-,5-,6+,7-,8?/m1/s1. The van der Waals surface area contributed by atoms with Crippen molar-refractivity contribution in [3.8, 4) is 0 Å². The van der Waals surface area contributed by atoms with Crippen molar-refractivity contribution in [2.45, 2.75) is 30.6 Å². The first-order valence-corrected chi connectivity index (χ1v) is 4.81. The number of aliphatic hydroxyl groups is 7. The Morgan fingerprint density at radius 2 is 1.38 bits per heavy atom. The van der Waals surface area contributed by atoms with E-state index in [9.17, 15) is 20.4 Å². The summed E-state index contributed by atoms with van der Waals surface area (Å²) in [7, 11) is 0. The van der Waals surface area contributed by atoms with Crippen LogP contribution in [0.25, 0.3) is 0 Å². The fourth-order valence-corrected chi connectivity index (χ4v) is 1.06. The largest absolute Gasteiger partial charge is 0.395 e. The summed E-state index contributed by atoms with van der Waals surface area (Å²) in [5, 5.41) is 65.3. The molecule has 0 radical (unpaired) electrons. The Labute approximate surface area is 92.4 Å². The molecule has 8 N–H and O–H groups in total. The summed E-state index contributed by atoms with van der Waals surface area (Å²) in [5.41, 5.74) is 0.